The molecule has 1 N–H and O–H groups in total. The topological polar surface area (TPSA) is 85.6 Å². The van der Waals surface area contributed by atoms with Gasteiger partial charge in [0.15, 0.2) is 6.61 Å². The number of carboxylic acids is 1. The molecule has 0 radical (unpaired) electrons. The van der Waals surface area contributed by atoms with Crippen molar-refractivity contribution in [1.29, 1.82) is 0 Å². The van der Waals surface area contributed by atoms with E-state index in [2.05, 4.69) is 5.92 Å². The molecule has 0 fully saturated rings. The van der Waals surface area contributed by atoms with Crippen molar-refractivity contribution in [2.24, 2.45) is 0 Å². The van der Waals surface area contributed by atoms with Crippen LogP contribution in [-0.2, 0) is 11.3 Å². The molecule has 0 aliphatic carbocycles. The van der Waals surface area contributed by atoms with E-state index in [1.807, 2.05) is 0 Å². The number of ether oxygens (including phenoxy) is 1. The molecule has 35 heavy (non-hydrogen) atoms. The molecule has 0 saturated heterocycles. The summed E-state index contributed by atoms with van der Waals surface area (Å²) in [6.07, 6.45) is 5.10. The molecule has 0 unspecified atom stereocenters. The average molecular weight is 537 g/mol. The summed E-state index contributed by atoms with van der Waals surface area (Å²) in [6.45, 7) is 3.15. The molecular formula is C25H17Cl3FNO5. The highest BCUT2D eigenvalue weighted by atomic mass is 35.5. The van der Waals surface area contributed by atoms with Crippen LogP contribution in [0.1, 0.15) is 33.3 Å². The van der Waals surface area contributed by atoms with Crippen LogP contribution >= 0.6 is 34.8 Å². The summed E-state index contributed by atoms with van der Waals surface area (Å²) in [4.78, 5) is 38.2. The summed E-state index contributed by atoms with van der Waals surface area (Å²) < 4.78 is 21.5. The first-order valence-electron chi connectivity index (χ1n) is 10.1. The van der Waals surface area contributed by atoms with Crippen molar-refractivity contribution in [2.45, 2.75) is 20.4 Å². The second kappa shape index (κ2) is 10.5. The summed E-state index contributed by atoms with van der Waals surface area (Å²) >= 11 is 18.2. The van der Waals surface area contributed by atoms with Gasteiger partial charge in [-0.1, -0.05) is 46.8 Å². The Morgan fingerprint density at radius 2 is 1.83 bits per heavy atom. The number of carboxylic acid groups (broad SMARTS) is 1. The van der Waals surface area contributed by atoms with Crippen LogP contribution < -0.4 is 5.43 Å². The molecule has 3 aromatic rings. The van der Waals surface area contributed by atoms with E-state index in [9.17, 15) is 19.5 Å². The first-order valence-corrected chi connectivity index (χ1v) is 11.2. The number of terminal acetylenes is 1. The van der Waals surface area contributed by atoms with E-state index in [0.29, 0.717) is 5.56 Å². The average Bonchev–Trinajstić information content (AvgIpc) is 2.80. The van der Waals surface area contributed by atoms with Gasteiger partial charge in [-0.2, -0.15) is 0 Å². The van der Waals surface area contributed by atoms with Crippen LogP contribution in [0.2, 0.25) is 15.1 Å². The van der Waals surface area contributed by atoms with Crippen molar-refractivity contribution in [2.75, 3.05) is 6.61 Å². The van der Waals surface area contributed by atoms with Gasteiger partial charge in [-0.3, -0.25) is 4.79 Å². The number of esters is 1. The van der Waals surface area contributed by atoms with Crippen LogP contribution in [0.5, 0.6) is 0 Å². The number of hydrogen-bond acceptors (Lipinski definition) is 4. The lowest BCUT2D eigenvalue weighted by molar-refractivity contribution is 0.0556. The first kappa shape index (κ1) is 26.3. The predicted octanol–water partition coefficient (Wildman–Crippen LogP) is 6.10. The summed E-state index contributed by atoms with van der Waals surface area (Å²) in [7, 11) is 0. The molecule has 10 heteroatoms. The minimum Gasteiger partial charge on any atom is -0.477 e. The van der Waals surface area contributed by atoms with Crippen molar-refractivity contribution in [3.8, 4) is 34.7 Å². The van der Waals surface area contributed by atoms with Crippen molar-refractivity contribution in [1.82, 2.24) is 4.57 Å². The van der Waals surface area contributed by atoms with E-state index in [0.717, 1.165) is 12.1 Å². The van der Waals surface area contributed by atoms with Gasteiger partial charge < -0.3 is 14.4 Å². The van der Waals surface area contributed by atoms with Gasteiger partial charge in [0.25, 0.3) is 0 Å². The highest BCUT2D eigenvalue weighted by Gasteiger charge is 2.28. The van der Waals surface area contributed by atoms with Crippen molar-refractivity contribution in [3.63, 3.8) is 0 Å². The van der Waals surface area contributed by atoms with E-state index in [1.54, 1.807) is 11.5 Å². The van der Waals surface area contributed by atoms with Crippen LogP contribution in [0.4, 0.5) is 4.39 Å². The Hall–Kier alpha value is -3.31. The fourth-order valence-electron chi connectivity index (χ4n) is 3.77. The highest BCUT2D eigenvalue weighted by molar-refractivity contribution is 6.42. The molecule has 0 atom stereocenters. The van der Waals surface area contributed by atoms with Crippen LogP contribution in [-0.4, -0.2) is 28.2 Å². The van der Waals surface area contributed by atoms with Crippen molar-refractivity contribution < 1.29 is 23.8 Å². The third-order valence-corrected chi connectivity index (χ3v) is 6.33. The lowest BCUT2D eigenvalue weighted by atomic mass is 9.95. The minimum absolute atomic E-state index is 0.0767. The highest BCUT2D eigenvalue weighted by Crippen LogP contribution is 2.35. The van der Waals surface area contributed by atoms with Gasteiger partial charge in [0.1, 0.15) is 11.4 Å². The number of rotatable bonds is 6. The van der Waals surface area contributed by atoms with E-state index in [4.69, 9.17) is 46.0 Å². The number of halogens is 4. The summed E-state index contributed by atoms with van der Waals surface area (Å²) in [6, 6.07) is 6.35. The largest absolute Gasteiger partial charge is 0.477 e. The van der Waals surface area contributed by atoms with Crippen molar-refractivity contribution in [3.05, 3.63) is 78.3 Å². The Bertz CT molecular complexity index is 1470. The van der Waals surface area contributed by atoms with Crippen LogP contribution in [0.3, 0.4) is 0 Å². The SMILES string of the molecule is C#CCOC(=O)c1cc(-c2c(C)n(CC)c(-c3ccc(Cl)c(Cl)c3)c(C(=O)O)c2=O)c(F)cc1Cl. The van der Waals surface area contributed by atoms with Crippen molar-refractivity contribution >= 4 is 46.7 Å². The lowest BCUT2D eigenvalue weighted by Gasteiger charge is -2.22. The molecule has 2 aromatic carbocycles. The Balaban J connectivity index is 2.41. The quantitative estimate of drug-likeness (QED) is 0.304. The molecule has 0 aliphatic heterocycles. The maximum absolute atomic E-state index is 15.1. The molecular weight excluding hydrogens is 520 g/mol. The lowest BCUT2D eigenvalue weighted by Crippen LogP contribution is -2.25. The Kier molecular flexibility index (Phi) is 7.91. The van der Waals surface area contributed by atoms with E-state index >= 15 is 4.39 Å². The van der Waals surface area contributed by atoms with E-state index in [-0.39, 0.29) is 56.3 Å². The maximum atomic E-state index is 15.1. The summed E-state index contributed by atoms with van der Waals surface area (Å²) in [5.41, 5.74) is -1.67. The van der Waals surface area contributed by atoms with Gasteiger partial charge in [-0.15, -0.1) is 6.42 Å². The molecule has 0 aliphatic rings. The van der Waals surface area contributed by atoms with Gasteiger partial charge in [0.05, 0.1) is 31.9 Å². The third-order valence-electron chi connectivity index (χ3n) is 5.28. The van der Waals surface area contributed by atoms with Gasteiger partial charge in [0.2, 0.25) is 5.43 Å². The molecule has 0 amide bonds. The molecule has 0 saturated carbocycles. The third kappa shape index (κ3) is 4.92. The molecule has 1 aromatic heterocycles. The fraction of sp³-hybridized carbons (Fsp3) is 0.160. The standard InChI is InChI=1S/C25H17Cl3FNO5/c1-4-8-35-25(34)14-10-15(19(29)11-17(14)27)20-12(3)30(5-2)22(21(23(20)31)24(32)33)13-6-7-16(26)18(28)9-13/h1,6-7,9-11H,5,8H2,2-3H3,(H,32,33). The number of benzene rings is 2. The number of carbonyl (C=O) groups excluding carboxylic acids is 1. The second-order valence-electron chi connectivity index (χ2n) is 7.28. The number of aromatic carboxylic acids is 1. The number of nitrogens with zero attached hydrogens (tertiary/aromatic N) is 1. The Morgan fingerprint density at radius 1 is 1.14 bits per heavy atom. The van der Waals surface area contributed by atoms with E-state index < -0.39 is 28.7 Å². The van der Waals surface area contributed by atoms with Crippen LogP contribution in [0, 0.1) is 25.1 Å². The smallest absolute Gasteiger partial charge is 0.341 e. The van der Waals surface area contributed by atoms with E-state index in [1.165, 1.54) is 25.1 Å². The zero-order valence-corrected chi connectivity index (χ0v) is 20.7. The first-order chi connectivity index (χ1) is 16.5. The molecule has 180 valence electrons. The zero-order valence-electron chi connectivity index (χ0n) is 18.4. The summed E-state index contributed by atoms with van der Waals surface area (Å²) in [5, 5.41) is 10.1. The monoisotopic (exact) mass is 535 g/mol. The maximum Gasteiger partial charge on any atom is 0.341 e. The van der Waals surface area contributed by atoms with Crippen LogP contribution in [0.15, 0.2) is 35.1 Å². The predicted molar refractivity (Wildman–Crippen MR) is 133 cm³/mol. The molecule has 0 bridgehead atoms. The second-order valence-corrected chi connectivity index (χ2v) is 8.51. The summed E-state index contributed by atoms with van der Waals surface area (Å²) in [5.74, 6) is -1.24. The zero-order chi connectivity index (χ0) is 26.0. The van der Waals surface area contributed by atoms with Gasteiger partial charge >= 0.3 is 11.9 Å². The minimum atomic E-state index is -1.53. The number of carbonyl (C=O) groups is 2. The molecule has 0 spiro atoms. The van der Waals surface area contributed by atoms with Gasteiger partial charge in [0, 0.05) is 23.4 Å². The Labute approximate surface area is 214 Å². The van der Waals surface area contributed by atoms with Gasteiger partial charge in [-0.25, -0.2) is 14.0 Å². The normalized spacial score (nSPS) is 10.7. The van der Waals surface area contributed by atoms with Gasteiger partial charge in [-0.05, 0) is 38.1 Å². The molecule has 1 heterocycles. The molecule has 3 rings (SSSR count). The molecule has 6 nitrogen and oxygen atoms in total. The fourth-order valence-corrected chi connectivity index (χ4v) is 4.30. The number of aromatic nitrogens is 1. The Morgan fingerprint density at radius 3 is 2.40 bits per heavy atom. The van der Waals surface area contributed by atoms with Crippen LogP contribution in [0.25, 0.3) is 22.4 Å². The number of pyridine rings is 1. The number of hydrogen-bond donors (Lipinski definition) is 1.